The lowest BCUT2D eigenvalue weighted by atomic mass is 10.1. The molecule has 0 atom stereocenters. The molecule has 2 heterocycles. The molecule has 5 nitrogen and oxygen atoms in total. The van der Waals surface area contributed by atoms with Crippen molar-refractivity contribution in [2.24, 2.45) is 0 Å². The van der Waals surface area contributed by atoms with Crippen LogP contribution < -0.4 is 4.90 Å². The molecule has 130 valence electrons. The van der Waals surface area contributed by atoms with Crippen LogP contribution in [0.2, 0.25) is 10.2 Å². The van der Waals surface area contributed by atoms with Crippen LogP contribution in [0.25, 0.3) is 11.6 Å². The third kappa shape index (κ3) is 3.57. The molecule has 3 rings (SSSR count). The van der Waals surface area contributed by atoms with E-state index in [0.717, 1.165) is 4.90 Å². The summed E-state index contributed by atoms with van der Waals surface area (Å²) in [5.41, 5.74) is 0.490. The van der Waals surface area contributed by atoms with Crippen LogP contribution in [-0.2, 0) is 9.53 Å². The van der Waals surface area contributed by atoms with Gasteiger partial charge in [-0.2, -0.15) is 0 Å². The summed E-state index contributed by atoms with van der Waals surface area (Å²) < 4.78 is 10.6. The van der Waals surface area contributed by atoms with Gasteiger partial charge in [-0.3, -0.25) is 4.79 Å². The molecule has 1 aliphatic heterocycles. The Bertz CT molecular complexity index is 893. The van der Waals surface area contributed by atoms with Crippen molar-refractivity contribution in [3.05, 3.63) is 51.9 Å². The number of fused-ring (bicyclic) bond motifs is 1. The maximum atomic E-state index is 12.9. The fourth-order valence-electron chi connectivity index (χ4n) is 2.44. The van der Waals surface area contributed by atoms with E-state index in [1.807, 2.05) is 0 Å². The van der Waals surface area contributed by atoms with E-state index in [9.17, 15) is 9.59 Å². The van der Waals surface area contributed by atoms with Crippen molar-refractivity contribution in [2.45, 2.75) is 26.4 Å². The summed E-state index contributed by atoms with van der Waals surface area (Å²) in [4.78, 5) is 26.3. The Morgan fingerprint density at radius 1 is 1.20 bits per heavy atom. The van der Waals surface area contributed by atoms with Crippen molar-refractivity contribution in [3.8, 4) is 0 Å². The van der Waals surface area contributed by atoms with Gasteiger partial charge in [0.1, 0.15) is 11.4 Å². The van der Waals surface area contributed by atoms with E-state index < -0.39 is 17.6 Å². The second kappa shape index (κ2) is 6.24. The molecule has 0 unspecified atom stereocenters. The number of benzene rings is 1. The molecule has 0 bridgehead atoms. The zero-order valence-corrected chi connectivity index (χ0v) is 15.3. The first-order chi connectivity index (χ1) is 11.7. The number of nitrogens with zero attached hydrogens (tertiary/aromatic N) is 1. The van der Waals surface area contributed by atoms with E-state index in [-0.39, 0.29) is 5.22 Å². The molecular weight excluding hydrogens is 365 g/mol. The smallest absolute Gasteiger partial charge is 0.422 e. The predicted molar refractivity (Wildman–Crippen MR) is 96.8 cm³/mol. The van der Waals surface area contributed by atoms with Crippen molar-refractivity contribution in [1.29, 1.82) is 0 Å². The number of anilines is 1. The Morgan fingerprint density at radius 3 is 2.52 bits per heavy atom. The fourth-order valence-corrected chi connectivity index (χ4v) is 2.76. The van der Waals surface area contributed by atoms with Crippen LogP contribution in [0, 0.1) is 0 Å². The Labute approximate surface area is 154 Å². The molecule has 2 amide bonds. The first-order valence-corrected chi connectivity index (χ1v) is 8.26. The van der Waals surface area contributed by atoms with Crippen molar-refractivity contribution in [1.82, 2.24) is 0 Å². The Morgan fingerprint density at radius 2 is 1.92 bits per heavy atom. The SMILES string of the molecule is CC(C)(C)OC(=O)N1C(=O)/C(=C/c2ccc(Cl)o2)c2ccc(Cl)cc21. The molecule has 0 N–H and O–H groups in total. The number of carbonyl (C=O) groups excluding carboxylic acids is 2. The van der Waals surface area contributed by atoms with E-state index in [1.54, 1.807) is 51.1 Å². The molecule has 25 heavy (non-hydrogen) atoms. The van der Waals surface area contributed by atoms with Gasteiger partial charge in [0.15, 0.2) is 5.22 Å². The minimum atomic E-state index is -0.762. The maximum Gasteiger partial charge on any atom is 0.422 e. The second-order valence-electron chi connectivity index (χ2n) is 6.48. The number of ether oxygens (including phenoxy) is 1. The van der Waals surface area contributed by atoms with Crippen molar-refractivity contribution >= 4 is 52.5 Å². The standard InChI is InChI=1S/C18H15Cl2NO4/c1-18(2,3)25-17(23)21-14-8-10(19)4-6-12(14)13(16(21)22)9-11-5-7-15(20)24-11/h4-9H,1-3H3/b13-9+. The summed E-state index contributed by atoms with van der Waals surface area (Å²) in [6.07, 6.45) is 0.771. The lowest BCUT2D eigenvalue weighted by molar-refractivity contribution is -0.112. The maximum absolute atomic E-state index is 12.9. The van der Waals surface area contributed by atoms with Crippen LogP contribution >= 0.6 is 23.2 Å². The second-order valence-corrected chi connectivity index (χ2v) is 7.29. The van der Waals surface area contributed by atoms with Gasteiger partial charge in [0.05, 0.1) is 11.3 Å². The first-order valence-electron chi connectivity index (χ1n) is 7.50. The highest BCUT2D eigenvalue weighted by atomic mass is 35.5. The zero-order valence-electron chi connectivity index (χ0n) is 13.8. The van der Waals surface area contributed by atoms with Crippen molar-refractivity contribution in [2.75, 3.05) is 4.90 Å². The molecule has 1 aliphatic rings. The van der Waals surface area contributed by atoms with Gasteiger partial charge >= 0.3 is 6.09 Å². The molecule has 1 aromatic heterocycles. The van der Waals surface area contributed by atoms with Crippen LogP contribution in [0.15, 0.2) is 34.7 Å². The molecular formula is C18H15Cl2NO4. The van der Waals surface area contributed by atoms with Gasteiger partial charge in [-0.05, 0) is 62.7 Å². The lowest BCUT2D eigenvalue weighted by Gasteiger charge is -2.23. The minimum absolute atomic E-state index is 0.206. The van der Waals surface area contributed by atoms with Gasteiger partial charge in [0.2, 0.25) is 0 Å². The third-order valence-electron chi connectivity index (χ3n) is 3.38. The Hall–Kier alpha value is -2.24. The number of furan rings is 1. The zero-order chi connectivity index (χ0) is 18.4. The molecule has 0 fully saturated rings. The van der Waals surface area contributed by atoms with E-state index in [1.165, 1.54) is 6.08 Å². The van der Waals surface area contributed by atoms with Crippen molar-refractivity contribution in [3.63, 3.8) is 0 Å². The van der Waals surface area contributed by atoms with Gasteiger partial charge in [-0.25, -0.2) is 9.69 Å². The average molecular weight is 380 g/mol. The number of imide groups is 1. The van der Waals surface area contributed by atoms with Crippen LogP contribution in [0.4, 0.5) is 10.5 Å². The number of halogens is 2. The molecule has 0 radical (unpaired) electrons. The largest absolute Gasteiger partial charge is 0.445 e. The molecule has 7 heteroatoms. The van der Waals surface area contributed by atoms with Gasteiger partial charge in [0.25, 0.3) is 5.91 Å². The summed E-state index contributed by atoms with van der Waals surface area (Å²) in [5.74, 6) is -0.112. The number of hydrogen-bond acceptors (Lipinski definition) is 4. The molecule has 1 aromatic carbocycles. The minimum Gasteiger partial charge on any atom is -0.445 e. The van der Waals surface area contributed by atoms with Crippen LogP contribution in [0.3, 0.4) is 0 Å². The van der Waals surface area contributed by atoms with Crippen molar-refractivity contribution < 1.29 is 18.7 Å². The summed E-state index contributed by atoms with van der Waals surface area (Å²) in [6, 6.07) is 8.08. The normalized spacial score (nSPS) is 15.6. The highest BCUT2D eigenvalue weighted by Crippen LogP contribution is 2.40. The molecule has 0 saturated carbocycles. The summed E-state index contributed by atoms with van der Waals surface area (Å²) in [6.45, 7) is 5.18. The van der Waals surface area contributed by atoms with Gasteiger partial charge in [-0.1, -0.05) is 17.7 Å². The number of carbonyl (C=O) groups is 2. The molecule has 0 spiro atoms. The lowest BCUT2D eigenvalue weighted by Crippen LogP contribution is -2.38. The predicted octanol–water partition coefficient (Wildman–Crippen LogP) is 5.41. The van der Waals surface area contributed by atoms with E-state index >= 15 is 0 Å². The van der Waals surface area contributed by atoms with Gasteiger partial charge in [0, 0.05) is 10.6 Å². The van der Waals surface area contributed by atoms with E-state index in [2.05, 4.69) is 0 Å². The van der Waals surface area contributed by atoms with Crippen LogP contribution in [0.1, 0.15) is 32.1 Å². The quantitative estimate of drug-likeness (QED) is 0.621. The highest BCUT2D eigenvalue weighted by molar-refractivity contribution is 6.42. The van der Waals surface area contributed by atoms with E-state index in [4.69, 9.17) is 32.4 Å². The van der Waals surface area contributed by atoms with Crippen LogP contribution in [-0.4, -0.2) is 17.6 Å². The summed E-state index contributed by atoms with van der Waals surface area (Å²) in [7, 11) is 0. The summed E-state index contributed by atoms with van der Waals surface area (Å²) in [5, 5.41) is 0.611. The van der Waals surface area contributed by atoms with Crippen LogP contribution in [0.5, 0.6) is 0 Å². The fraction of sp³-hybridized carbons (Fsp3) is 0.222. The van der Waals surface area contributed by atoms with Gasteiger partial charge in [-0.15, -0.1) is 0 Å². The number of hydrogen-bond donors (Lipinski definition) is 0. The number of rotatable bonds is 1. The Kier molecular flexibility index (Phi) is 4.39. The Balaban J connectivity index is 2.08. The third-order valence-corrected chi connectivity index (χ3v) is 3.82. The van der Waals surface area contributed by atoms with E-state index in [0.29, 0.717) is 27.6 Å². The number of amides is 2. The topological polar surface area (TPSA) is 59.8 Å². The average Bonchev–Trinajstić information content (AvgIpc) is 2.99. The monoisotopic (exact) mass is 379 g/mol. The molecule has 2 aromatic rings. The molecule has 0 aliphatic carbocycles. The summed E-state index contributed by atoms with van der Waals surface area (Å²) >= 11 is 11.8. The highest BCUT2D eigenvalue weighted by Gasteiger charge is 2.39. The molecule has 0 saturated heterocycles. The first kappa shape index (κ1) is 17.6. The van der Waals surface area contributed by atoms with Gasteiger partial charge < -0.3 is 9.15 Å².